The number of fused-ring (bicyclic) bond motifs is 1. The van der Waals surface area contributed by atoms with E-state index in [-0.39, 0.29) is 17.7 Å². The molecule has 0 fully saturated rings. The Morgan fingerprint density at radius 3 is 2.64 bits per heavy atom. The number of hydrogen-bond acceptors (Lipinski definition) is 7. The topological polar surface area (TPSA) is 112 Å². The quantitative estimate of drug-likeness (QED) is 0.592. The van der Waals surface area contributed by atoms with Crippen molar-refractivity contribution in [3.8, 4) is 23.5 Å². The van der Waals surface area contributed by atoms with Crippen molar-refractivity contribution in [2.24, 2.45) is 0 Å². The number of nitrogens with zero attached hydrogens (tertiary/aromatic N) is 5. The van der Waals surface area contributed by atoms with Gasteiger partial charge < -0.3 is 15.6 Å². The molecule has 0 amide bonds. The van der Waals surface area contributed by atoms with Crippen LogP contribution in [0.3, 0.4) is 0 Å². The normalized spacial score (nSPS) is 10.9. The molecule has 0 radical (unpaired) electrons. The van der Waals surface area contributed by atoms with Crippen molar-refractivity contribution < 1.29 is 9.84 Å². The molecular weight excluding hydrogens is 320 g/mol. The number of benzene rings is 2. The van der Waals surface area contributed by atoms with Gasteiger partial charge in [-0.05, 0) is 31.2 Å². The van der Waals surface area contributed by atoms with Gasteiger partial charge in [0.1, 0.15) is 17.3 Å². The molecule has 25 heavy (non-hydrogen) atoms. The van der Waals surface area contributed by atoms with Gasteiger partial charge in [-0.3, -0.25) is 0 Å². The molecule has 0 aliphatic rings. The van der Waals surface area contributed by atoms with Gasteiger partial charge in [-0.2, -0.15) is 19.9 Å². The Morgan fingerprint density at radius 1 is 1.00 bits per heavy atom. The predicted octanol–water partition coefficient (Wildman–Crippen LogP) is 2.60. The number of ether oxygens (including phenoxy) is 1. The summed E-state index contributed by atoms with van der Waals surface area (Å²) in [6.45, 7) is 1.73. The zero-order chi connectivity index (χ0) is 17.4. The Morgan fingerprint density at radius 2 is 1.84 bits per heavy atom. The maximum absolute atomic E-state index is 9.63. The fourth-order valence-corrected chi connectivity index (χ4v) is 2.51. The molecule has 0 unspecified atom stereocenters. The lowest BCUT2D eigenvalue weighted by atomic mass is 10.3. The second kappa shape index (κ2) is 5.75. The summed E-state index contributed by atoms with van der Waals surface area (Å²) in [6, 6.07) is 14.2. The van der Waals surface area contributed by atoms with Crippen molar-refractivity contribution in [1.29, 1.82) is 0 Å². The van der Waals surface area contributed by atoms with Gasteiger partial charge in [0.05, 0.1) is 11.0 Å². The van der Waals surface area contributed by atoms with Crippen LogP contribution in [0.2, 0.25) is 0 Å². The predicted molar refractivity (Wildman–Crippen MR) is 91.8 cm³/mol. The number of aryl methyl sites for hydroxylation is 1. The number of rotatable bonds is 3. The molecule has 0 bridgehead atoms. The number of phenols is 1. The van der Waals surface area contributed by atoms with Crippen LogP contribution in [0, 0.1) is 6.92 Å². The lowest BCUT2D eigenvalue weighted by molar-refractivity contribution is 0.425. The summed E-state index contributed by atoms with van der Waals surface area (Å²) in [5.41, 5.74) is 7.25. The number of imidazole rings is 1. The minimum atomic E-state index is 0.0976. The summed E-state index contributed by atoms with van der Waals surface area (Å²) in [5.74, 6) is 1.46. The number of nitrogens with two attached hydrogens (primary N) is 1. The first-order valence-electron chi connectivity index (χ1n) is 7.53. The number of aromatic nitrogens is 5. The van der Waals surface area contributed by atoms with E-state index < -0.39 is 0 Å². The van der Waals surface area contributed by atoms with Crippen LogP contribution in [-0.4, -0.2) is 29.6 Å². The minimum absolute atomic E-state index is 0.0976. The molecule has 0 aliphatic heterocycles. The third-order valence-corrected chi connectivity index (χ3v) is 3.51. The van der Waals surface area contributed by atoms with E-state index in [1.165, 1.54) is 6.07 Å². The third kappa shape index (κ3) is 2.80. The summed E-state index contributed by atoms with van der Waals surface area (Å²) >= 11 is 0. The van der Waals surface area contributed by atoms with Crippen molar-refractivity contribution in [2.75, 3.05) is 5.73 Å². The Hall–Kier alpha value is -3.68. The van der Waals surface area contributed by atoms with Gasteiger partial charge in [0.15, 0.2) is 0 Å². The lowest BCUT2D eigenvalue weighted by Crippen LogP contribution is -2.08. The molecule has 4 rings (SSSR count). The van der Waals surface area contributed by atoms with Crippen LogP contribution >= 0.6 is 0 Å². The summed E-state index contributed by atoms with van der Waals surface area (Å²) < 4.78 is 7.52. The van der Waals surface area contributed by atoms with Gasteiger partial charge in [-0.25, -0.2) is 4.57 Å². The Labute approximate surface area is 142 Å². The maximum Gasteiger partial charge on any atom is 0.310 e. The van der Waals surface area contributed by atoms with Crippen LogP contribution in [0.5, 0.6) is 17.5 Å². The number of aromatic hydroxyl groups is 1. The van der Waals surface area contributed by atoms with E-state index in [0.29, 0.717) is 23.0 Å². The second-order valence-corrected chi connectivity index (χ2v) is 5.36. The van der Waals surface area contributed by atoms with Gasteiger partial charge in [-0.1, -0.05) is 18.2 Å². The number of nitrogen functional groups attached to an aromatic ring is 1. The van der Waals surface area contributed by atoms with E-state index in [1.807, 2.05) is 24.3 Å². The van der Waals surface area contributed by atoms with Crippen LogP contribution in [0.1, 0.15) is 5.82 Å². The van der Waals surface area contributed by atoms with Crippen molar-refractivity contribution in [3.05, 3.63) is 54.4 Å². The molecule has 0 saturated carbocycles. The molecule has 2 aromatic carbocycles. The van der Waals surface area contributed by atoms with Crippen molar-refractivity contribution in [2.45, 2.75) is 6.92 Å². The van der Waals surface area contributed by atoms with E-state index in [1.54, 1.807) is 29.7 Å². The molecule has 0 aliphatic carbocycles. The first kappa shape index (κ1) is 14.9. The Bertz CT molecular complexity index is 1060. The van der Waals surface area contributed by atoms with E-state index in [9.17, 15) is 5.11 Å². The Balaban J connectivity index is 1.92. The van der Waals surface area contributed by atoms with Gasteiger partial charge in [-0.15, -0.1) is 0 Å². The fourth-order valence-electron chi connectivity index (χ4n) is 2.51. The first-order valence-corrected chi connectivity index (χ1v) is 7.53. The van der Waals surface area contributed by atoms with Gasteiger partial charge in [0.2, 0.25) is 11.9 Å². The standard InChI is InChI=1S/C17H14N6O2/c1-10-19-15(18)22-16(20-10)23-14-8-3-2-7-13(14)21-17(23)25-12-6-4-5-11(24)9-12/h2-9,24H,1H3,(H2,18,19,20,22). The Kier molecular flexibility index (Phi) is 3.42. The number of hydrogen-bond donors (Lipinski definition) is 2. The monoisotopic (exact) mass is 334 g/mol. The largest absolute Gasteiger partial charge is 0.508 e. The summed E-state index contributed by atoms with van der Waals surface area (Å²) in [5, 5.41) is 9.63. The van der Waals surface area contributed by atoms with E-state index >= 15 is 0 Å². The summed E-state index contributed by atoms with van der Waals surface area (Å²) in [7, 11) is 0. The molecule has 2 aromatic heterocycles. The maximum atomic E-state index is 9.63. The van der Waals surface area contributed by atoms with Gasteiger partial charge >= 0.3 is 6.01 Å². The highest BCUT2D eigenvalue weighted by Crippen LogP contribution is 2.29. The molecule has 3 N–H and O–H groups in total. The molecule has 0 atom stereocenters. The van der Waals surface area contributed by atoms with Crippen LogP contribution in [-0.2, 0) is 0 Å². The van der Waals surface area contributed by atoms with Crippen LogP contribution in [0.25, 0.3) is 17.0 Å². The van der Waals surface area contributed by atoms with Crippen molar-refractivity contribution in [3.63, 3.8) is 0 Å². The van der Waals surface area contributed by atoms with E-state index in [0.717, 1.165) is 5.52 Å². The third-order valence-electron chi connectivity index (χ3n) is 3.51. The van der Waals surface area contributed by atoms with Gasteiger partial charge in [0, 0.05) is 6.07 Å². The average Bonchev–Trinajstić information content (AvgIpc) is 2.91. The molecule has 8 heteroatoms. The first-order chi connectivity index (χ1) is 12.1. The molecule has 4 aromatic rings. The number of para-hydroxylation sites is 2. The zero-order valence-electron chi connectivity index (χ0n) is 13.3. The SMILES string of the molecule is Cc1nc(N)nc(-n2c(Oc3cccc(O)c3)nc3ccccc32)n1. The summed E-state index contributed by atoms with van der Waals surface area (Å²) in [6.07, 6.45) is 0. The number of phenolic OH excluding ortho intramolecular Hbond substituents is 1. The fraction of sp³-hybridized carbons (Fsp3) is 0.0588. The second-order valence-electron chi connectivity index (χ2n) is 5.36. The highest BCUT2D eigenvalue weighted by atomic mass is 16.5. The molecule has 124 valence electrons. The molecular formula is C17H14N6O2. The highest BCUT2D eigenvalue weighted by Gasteiger charge is 2.17. The smallest absolute Gasteiger partial charge is 0.310 e. The van der Waals surface area contributed by atoms with Crippen molar-refractivity contribution in [1.82, 2.24) is 24.5 Å². The van der Waals surface area contributed by atoms with Crippen LogP contribution in [0.15, 0.2) is 48.5 Å². The van der Waals surface area contributed by atoms with Gasteiger partial charge in [0.25, 0.3) is 0 Å². The van der Waals surface area contributed by atoms with E-state index in [4.69, 9.17) is 10.5 Å². The minimum Gasteiger partial charge on any atom is -0.508 e. The summed E-state index contributed by atoms with van der Waals surface area (Å²) in [4.78, 5) is 17.0. The van der Waals surface area contributed by atoms with Crippen LogP contribution < -0.4 is 10.5 Å². The molecule has 0 spiro atoms. The number of anilines is 1. The van der Waals surface area contributed by atoms with Crippen molar-refractivity contribution >= 4 is 17.0 Å². The molecule has 0 saturated heterocycles. The molecule has 8 nitrogen and oxygen atoms in total. The lowest BCUT2D eigenvalue weighted by Gasteiger charge is -2.09. The van der Waals surface area contributed by atoms with E-state index in [2.05, 4.69) is 19.9 Å². The zero-order valence-corrected chi connectivity index (χ0v) is 13.3. The molecule has 2 heterocycles. The highest BCUT2D eigenvalue weighted by molar-refractivity contribution is 5.78. The van der Waals surface area contributed by atoms with Crippen LogP contribution in [0.4, 0.5) is 5.95 Å². The average molecular weight is 334 g/mol.